The predicted molar refractivity (Wildman–Crippen MR) is 90.2 cm³/mol. The quantitative estimate of drug-likeness (QED) is 0.845. The largest absolute Gasteiger partial charge is 0.490 e. The molecular weight excluding hydrogens is 312 g/mol. The standard InChI is InChI=1S/C17H26N2O3S/c1-14-13-18(2)11-12-19(14)23(20,21)17-9-7-16(8-10-17)22-15-5-3-4-6-15/h7-10,14-15H,3-6,11-13H2,1-2H3. The highest BCUT2D eigenvalue weighted by Gasteiger charge is 2.32. The van der Waals surface area contributed by atoms with Crippen molar-refractivity contribution < 1.29 is 13.2 Å². The first kappa shape index (κ1) is 16.7. The van der Waals surface area contributed by atoms with Gasteiger partial charge in [0.25, 0.3) is 0 Å². The van der Waals surface area contributed by atoms with Crippen molar-refractivity contribution in [3.63, 3.8) is 0 Å². The van der Waals surface area contributed by atoms with Gasteiger partial charge in [-0.3, -0.25) is 0 Å². The van der Waals surface area contributed by atoms with Crippen molar-refractivity contribution >= 4 is 10.0 Å². The molecule has 0 amide bonds. The van der Waals surface area contributed by atoms with Crippen LogP contribution in [0.5, 0.6) is 5.75 Å². The fourth-order valence-electron chi connectivity index (χ4n) is 3.50. The lowest BCUT2D eigenvalue weighted by Gasteiger charge is -2.37. The van der Waals surface area contributed by atoms with E-state index in [9.17, 15) is 8.42 Å². The molecular formula is C17H26N2O3S. The van der Waals surface area contributed by atoms with Crippen molar-refractivity contribution in [2.75, 3.05) is 26.7 Å². The van der Waals surface area contributed by atoms with Gasteiger partial charge in [-0.2, -0.15) is 4.31 Å². The van der Waals surface area contributed by atoms with E-state index in [1.165, 1.54) is 12.8 Å². The lowest BCUT2D eigenvalue weighted by molar-refractivity contribution is 0.170. The number of hydrogen-bond donors (Lipinski definition) is 0. The van der Waals surface area contributed by atoms with Crippen LogP contribution in [-0.4, -0.2) is 56.5 Å². The molecule has 128 valence electrons. The number of sulfonamides is 1. The van der Waals surface area contributed by atoms with Gasteiger partial charge in [-0.25, -0.2) is 8.42 Å². The number of piperazine rings is 1. The smallest absolute Gasteiger partial charge is 0.243 e. The second-order valence-electron chi connectivity index (χ2n) is 6.72. The van der Waals surface area contributed by atoms with Gasteiger partial charge < -0.3 is 9.64 Å². The van der Waals surface area contributed by atoms with Crippen LogP contribution in [0.3, 0.4) is 0 Å². The average Bonchev–Trinajstić information content (AvgIpc) is 3.00. The SMILES string of the molecule is CC1CN(C)CCN1S(=O)(=O)c1ccc(OC2CCCC2)cc1. The molecule has 0 aromatic heterocycles. The number of ether oxygens (including phenoxy) is 1. The zero-order valence-electron chi connectivity index (χ0n) is 13.9. The molecule has 0 N–H and O–H groups in total. The maximum atomic E-state index is 12.8. The molecule has 1 aliphatic heterocycles. The number of rotatable bonds is 4. The van der Waals surface area contributed by atoms with Crippen LogP contribution in [0.4, 0.5) is 0 Å². The van der Waals surface area contributed by atoms with Gasteiger partial charge in [0.1, 0.15) is 5.75 Å². The zero-order chi connectivity index (χ0) is 16.4. The van der Waals surface area contributed by atoms with E-state index in [-0.39, 0.29) is 12.1 Å². The van der Waals surface area contributed by atoms with Gasteiger partial charge in [-0.15, -0.1) is 0 Å². The van der Waals surface area contributed by atoms with E-state index in [0.29, 0.717) is 11.4 Å². The first-order valence-electron chi connectivity index (χ1n) is 8.44. The summed E-state index contributed by atoms with van der Waals surface area (Å²) < 4.78 is 33.2. The maximum Gasteiger partial charge on any atom is 0.243 e. The number of benzene rings is 1. The Morgan fingerprint density at radius 3 is 2.35 bits per heavy atom. The van der Waals surface area contributed by atoms with Crippen LogP contribution in [0.25, 0.3) is 0 Å². The van der Waals surface area contributed by atoms with Gasteiger partial charge in [-0.05, 0) is 63.9 Å². The normalized spacial score (nSPS) is 24.9. The summed E-state index contributed by atoms with van der Waals surface area (Å²) in [5.41, 5.74) is 0. The van der Waals surface area contributed by atoms with E-state index in [2.05, 4.69) is 4.90 Å². The Morgan fingerprint density at radius 1 is 1.09 bits per heavy atom. The van der Waals surface area contributed by atoms with E-state index in [1.54, 1.807) is 28.6 Å². The Bertz CT molecular complexity index is 624. The summed E-state index contributed by atoms with van der Waals surface area (Å²) in [4.78, 5) is 2.52. The Hall–Kier alpha value is -1.11. The van der Waals surface area contributed by atoms with Crippen LogP contribution < -0.4 is 4.74 Å². The van der Waals surface area contributed by atoms with Crippen molar-refractivity contribution in [3.8, 4) is 5.75 Å². The molecule has 6 heteroatoms. The molecule has 1 heterocycles. The van der Waals surface area contributed by atoms with Crippen molar-refractivity contribution in [1.29, 1.82) is 0 Å². The summed E-state index contributed by atoms with van der Waals surface area (Å²) in [6.45, 7) is 4.04. The molecule has 1 atom stereocenters. The van der Waals surface area contributed by atoms with E-state index in [0.717, 1.165) is 31.7 Å². The third kappa shape index (κ3) is 3.70. The molecule has 1 aromatic carbocycles. The van der Waals surface area contributed by atoms with Crippen LogP contribution in [0, 0.1) is 0 Å². The Kier molecular flexibility index (Phi) is 4.94. The van der Waals surface area contributed by atoms with Gasteiger partial charge in [0.05, 0.1) is 11.0 Å². The minimum Gasteiger partial charge on any atom is -0.490 e. The summed E-state index contributed by atoms with van der Waals surface area (Å²) in [5.74, 6) is 0.766. The molecule has 5 nitrogen and oxygen atoms in total. The molecule has 1 saturated carbocycles. The summed E-state index contributed by atoms with van der Waals surface area (Å²) in [5, 5.41) is 0. The molecule has 0 bridgehead atoms. The third-order valence-corrected chi connectivity index (χ3v) is 6.83. The zero-order valence-corrected chi connectivity index (χ0v) is 14.8. The lowest BCUT2D eigenvalue weighted by atomic mass is 10.2. The maximum absolute atomic E-state index is 12.8. The summed E-state index contributed by atoms with van der Waals surface area (Å²) in [6.07, 6.45) is 4.92. The van der Waals surface area contributed by atoms with Crippen molar-refractivity contribution in [1.82, 2.24) is 9.21 Å². The predicted octanol–water partition coefficient (Wildman–Crippen LogP) is 2.33. The molecule has 1 aromatic rings. The topological polar surface area (TPSA) is 49.9 Å². The van der Waals surface area contributed by atoms with Crippen LogP contribution in [0.15, 0.2) is 29.2 Å². The third-order valence-electron chi connectivity index (χ3n) is 4.80. The molecule has 1 saturated heterocycles. The van der Waals surface area contributed by atoms with E-state index < -0.39 is 10.0 Å². The highest BCUT2D eigenvalue weighted by molar-refractivity contribution is 7.89. The molecule has 1 unspecified atom stereocenters. The Labute approximate surface area is 139 Å². The summed E-state index contributed by atoms with van der Waals surface area (Å²) in [6, 6.07) is 6.90. The van der Waals surface area contributed by atoms with Crippen LogP contribution in [0.2, 0.25) is 0 Å². The van der Waals surface area contributed by atoms with Gasteiger partial charge in [0, 0.05) is 25.7 Å². The first-order chi connectivity index (χ1) is 11.0. The van der Waals surface area contributed by atoms with Crippen molar-refractivity contribution in [3.05, 3.63) is 24.3 Å². The summed E-state index contributed by atoms with van der Waals surface area (Å²) >= 11 is 0. The van der Waals surface area contributed by atoms with E-state index in [1.807, 2.05) is 14.0 Å². The first-order valence-corrected chi connectivity index (χ1v) is 9.88. The van der Waals surface area contributed by atoms with Crippen molar-refractivity contribution in [2.24, 2.45) is 0 Å². The lowest BCUT2D eigenvalue weighted by Crippen LogP contribution is -2.52. The molecule has 0 spiro atoms. The van der Waals surface area contributed by atoms with Gasteiger partial charge >= 0.3 is 0 Å². The minimum absolute atomic E-state index is 0.00633. The van der Waals surface area contributed by atoms with Gasteiger partial charge in [0.15, 0.2) is 0 Å². The van der Waals surface area contributed by atoms with Crippen LogP contribution in [0.1, 0.15) is 32.6 Å². The van der Waals surface area contributed by atoms with Crippen LogP contribution >= 0.6 is 0 Å². The van der Waals surface area contributed by atoms with Crippen molar-refractivity contribution in [2.45, 2.75) is 49.6 Å². The number of likely N-dealkylation sites (N-methyl/N-ethyl adjacent to an activating group) is 1. The fourth-order valence-corrected chi connectivity index (χ4v) is 5.12. The molecule has 1 aliphatic carbocycles. The second kappa shape index (κ2) is 6.79. The van der Waals surface area contributed by atoms with E-state index >= 15 is 0 Å². The molecule has 23 heavy (non-hydrogen) atoms. The van der Waals surface area contributed by atoms with Gasteiger partial charge in [-0.1, -0.05) is 0 Å². The second-order valence-corrected chi connectivity index (χ2v) is 8.61. The number of nitrogens with zero attached hydrogens (tertiary/aromatic N) is 2. The Balaban J connectivity index is 1.72. The number of hydrogen-bond acceptors (Lipinski definition) is 4. The summed E-state index contributed by atoms with van der Waals surface area (Å²) in [7, 11) is -1.40. The molecule has 2 aliphatic rings. The molecule has 2 fully saturated rings. The molecule has 0 radical (unpaired) electrons. The van der Waals surface area contributed by atoms with Gasteiger partial charge in [0.2, 0.25) is 10.0 Å². The highest BCUT2D eigenvalue weighted by atomic mass is 32.2. The fraction of sp³-hybridized carbons (Fsp3) is 0.647. The van der Waals surface area contributed by atoms with Crippen LogP contribution in [-0.2, 0) is 10.0 Å². The monoisotopic (exact) mass is 338 g/mol. The average molecular weight is 338 g/mol. The highest BCUT2D eigenvalue weighted by Crippen LogP contribution is 2.26. The Morgan fingerprint density at radius 2 is 1.74 bits per heavy atom. The van der Waals surface area contributed by atoms with E-state index in [4.69, 9.17) is 4.74 Å². The molecule has 3 rings (SSSR count). The minimum atomic E-state index is -3.43.